The van der Waals surface area contributed by atoms with Gasteiger partial charge in [0.05, 0.1) is 12.0 Å². The molecular formula is C39H36N2O2. The Morgan fingerprint density at radius 2 is 1.26 bits per heavy atom. The van der Waals surface area contributed by atoms with Crippen LogP contribution in [-0.2, 0) is 16.8 Å². The highest BCUT2D eigenvalue weighted by molar-refractivity contribution is 5.76. The molecule has 2 atom stereocenters. The Labute approximate surface area is 253 Å². The molecule has 1 heterocycles. The van der Waals surface area contributed by atoms with Gasteiger partial charge in [0.15, 0.2) is 5.58 Å². The second kappa shape index (κ2) is 11.6. The van der Waals surface area contributed by atoms with Crippen molar-refractivity contribution in [1.29, 1.82) is 0 Å². The van der Waals surface area contributed by atoms with Gasteiger partial charge in [0.2, 0.25) is 5.89 Å². The quantitative estimate of drug-likeness (QED) is 0.148. The van der Waals surface area contributed by atoms with Gasteiger partial charge >= 0.3 is 0 Å². The number of para-hydroxylation sites is 2. The summed E-state index contributed by atoms with van der Waals surface area (Å²) in [4.78, 5) is 4.65. The maximum absolute atomic E-state index is 7.47. The van der Waals surface area contributed by atoms with Gasteiger partial charge in [0.25, 0.3) is 0 Å². The molecule has 2 N–H and O–H groups in total. The minimum atomic E-state index is -0.835. The second-order valence-electron chi connectivity index (χ2n) is 11.6. The van der Waals surface area contributed by atoms with Crippen molar-refractivity contribution in [3.63, 3.8) is 0 Å². The molecule has 0 saturated heterocycles. The third-order valence-corrected chi connectivity index (χ3v) is 9.11. The minimum Gasteiger partial charge on any atom is -0.436 e. The van der Waals surface area contributed by atoms with Crippen molar-refractivity contribution in [2.45, 2.75) is 43.4 Å². The third-order valence-electron chi connectivity index (χ3n) is 9.11. The highest BCUT2D eigenvalue weighted by atomic mass is 16.5. The van der Waals surface area contributed by atoms with E-state index in [-0.39, 0.29) is 5.92 Å². The molecule has 2 unspecified atom stereocenters. The lowest BCUT2D eigenvalue weighted by atomic mass is 9.56. The second-order valence-corrected chi connectivity index (χ2v) is 11.6. The van der Waals surface area contributed by atoms with Crippen LogP contribution in [0.2, 0.25) is 0 Å². The van der Waals surface area contributed by atoms with Gasteiger partial charge in [0.1, 0.15) is 11.2 Å². The van der Waals surface area contributed by atoms with E-state index >= 15 is 0 Å². The first-order valence-corrected chi connectivity index (χ1v) is 15.2. The van der Waals surface area contributed by atoms with Gasteiger partial charge in [-0.05, 0) is 65.8 Å². The monoisotopic (exact) mass is 564 g/mol. The number of benzene rings is 5. The first-order valence-electron chi connectivity index (χ1n) is 15.2. The van der Waals surface area contributed by atoms with E-state index in [1.165, 1.54) is 16.7 Å². The summed E-state index contributed by atoms with van der Waals surface area (Å²) >= 11 is 0. The van der Waals surface area contributed by atoms with E-state index in [1.54, 1.807) is 0 Å². The van der Waals surface area contributed by atoms with Crippen LogP contribution in [0.4, 0.5) is 0 Å². The molecule has 1 aromatic heterocycles. The lowest BCUT2D eigenvalue weighted by Gasteiger charge is -2.52. The summed E-state index contributed by atoms with van der Waals surface area (Å²) in [7, 11) is 0. The number of nitrogens with zero attached hydrogens (tertiary/aromatic N) is 1. The fourth-order valence-electron chi connectivity index (χ4n) is 7.09. The SMILES string of the molecule is NC1(OCc2ccc(-c3nc4ccccc4o3)cc2)CCCCC1C(c1ccccc1)(c1ccccc1)c1ccccc1. The standard InChI is InChI=1S/C39H36N2O2/c40-38(42-28-29-23-25-30(26-24-29)37-41-34-20-10-11-21-35(34)43-37)27-13-12-22-36(38)39(31-14-4-1-5-15-31,32-16-6-2-7-17-32)33-18-8-3-9-19-33/h1-11,14-21,23-26,36H,12-13,22,27-28,40H2. The zero-order valence-corrected chi connectivity index (χ0v) is 24.2. The molecule has 0 amide bonds. The highest BCUT2D eigenvalue weighted by Gasteiger charge is 2.53. The van der Waals surface area contributed by atoms with E-state index in [4.69, 9.17) is 14.9 Å². The highest BCUT2D eigenvalue weighted by Crippen LogP contribution is 2.53. The summed E-state index contributed by atoms with van der Waals surface area (Å²) in [6, 6.07) is 48.7. The maximum atomic E-state index is 7.47. The molecule has 6 aromatic rings. The Kier molecular flexibility index (Phi) is 7.40. The van der Waals surface area contributed by atoms with Gasteiger partial charge in [-0.3, -0.25) is 0 Å². The van der Waals surface area contributed by atoms with Crippen molar-refractivity contribution in [3.8, 4) is 11.5 Å². The summed E-state index contributed by atoms with van der Waals surface area (Å²) in [5, 5.41) is 0. The van der Waals surface area contributed by atoms with E-state index < -0.39 is 11.1 Å². The van der Waals surface area contributed by atoms with Crippen molar-refractivity contribution in [1.82, 2.24) is 4.98 Å². The van der Waals surface area contributed by atoms with E-state index in [0.29, 0.717) is 12.5 Å². The Morgan fingerprint density at radius 1 is 0.698 bits per heavy atom. The topological polar surface area (TPSA) is 61.3 Å². The number of hydrogen-bond acceptors (Lipinski definition) is 4. The summed E-state index contributed by atoms with van der Waals surface area (Å²) in [5.41, 5.74) is 13.5. The van der Waals surface area contributed by atoms with Crippen LogP contribution in [-0.4, -0.2) is 10.7 Å². The predicted octanol–water partition coefficient (Wildman–Crippen LogP) is 8.89. The van der Waals surface area contributed by atoms with Crippen LogP contribution in [0.25, 0.3) is 22.6 Å². The van der Waals surface area contributed by atoms with Crippen LogP contribution in [0, 0.1) is 5.92 Å². The molecule has 1 aliphatic carbocycles. The molecule has 43 heavy (non-hydrogen) atoms. The lowest BCUT2D eigenvalue weighted by molar-refractivity contribution is -0.127. The van der Waals surface area contributed by atoms with Crippen LogP contribution in [0.5, 0.6) is 0 Å². The van der Waals surface area contributed by atoms with E-state index in [9.17, 15) is 0 Å². The molecule has 0 aliphatic heterocycles. The molecule has 4 heteroatoms. The van der Waals surface area contributed by atoms with Crippen LogP contribution >= 0.6 is 0 Å². The summed E-state index contributed by atoms with van der Waals surface area (Å²) < 4.78 is 12.9. The Morgan fingerprint density at radius 3 is 1.84 bits per heavy atom. The molecule has 0 radical (unpaired) electrons. The number of fused-ring (bicyclic) bond motifs is 1. The number of oxazole rings is 1. The van der Waals surface area contributed by atoms with Crippen LogP contribution in [0.15, 0.2) is 144 Å². The average molecular weight is 565 g/mol. The zero-order chi connectivity index (χ0) is 29.1. The molecule has 1 saturated carbocycles. The molecule has 214 valence electrons. The van der Waals surface area contributed by atoms with Crippen LogP contribution < -0.4 is 5.73 Å². The van der Waals surface area contributed by atoms with Gasteiger partial charge in [0, 0.05) is 11.5 Å². The third kappa shape index (κ3) is 5.07. The number of rotatable bonds is 8. The molecule has 0 spiro atoms. The summed E-state index contributed by atoms with van der Waals surface area (Å²) in [5.74, 6) is 0.634. The molecule has 4 nitrogen and oxygen atoms in total. The first kappa shape index (κ1) is 27.3. The van der Waals surface area contributed by atoms with Crippen molar-refractivity contribution in [3.05, 3.63) is 162 Å². The van der Waals surface area contributed by atoms with E-state index in [0.717, 1.165) is 47.9 Å². The van der Waals surface area contributed by atoms with Gasteiger partial charge in [-0.25, -0.2) is 4.98 Å². The van der Waals surface area contributed by atoms with E-state index in [1.807, 2.05) is 36.4 Å². The van der Waals surface area contributed by atoms with Gasteiger partial charge in [-0.15, -0.1) is 0 Å². The van der Waals surface area contributed by atoms with Crippen LogP contribution in [0.1, 0.15) is 47.9 Å². The molecule has 1 fully saturated rings. The van der Waals surface area contributed by atoms with E-state index in [2.05, 4.69) is 108 Å². The fourth-order valence-corrected chi connectivity index (χ4v) is 7.09. The fraction of sp³-hybridized carbons (Fsp3) is 0.205. The van der Waals surface area contributed by atoms with Crippen molar-refractivity contribution in [2.24, 2.45) is 11.7 Å². The smallest absolute Gasteiger partial charge is 0.227 e. The number of hydrogen-bond donors (Lipinski definition) is 1. The normalized spacial score (nSPS) is 19.0. The number of ether oxygens (including phenoxy) is 1. The zero-order valence-electron chi connectivity index (χ0n) is 24.2. The molecule has 0 bridgehead atoms. The number of nitrogens with two attached hydrogens (primary N) is 1. The van der Waals surface area contributed by atoms with Gasteiger partial charge < -0.3 is 14.9 Å². The van der Waals surface area contributed by atoms with Crippen molar-refractivity contribution >= 4 is 11.1 Å². The minimum absolute atomic E-state index is 0.0139. The molecule has 7 rings (SSSR count). The molecule has 5 aromatic carbocycles. The average Bonchev–Trinajstić information content (AvgIpc) is 3.52. The molecule has 1 aliphatic rings. The largest absolute Gasteiger partial charge is 0.436 e. The van der Waals surface area contributed by atoms with Gasteiger partial charge in [-0.1, -0.05) is 122 Å². The predicted molar refractivity (Wildman–Crippen MR) is 172 cm³/mol. The molecular weight excluding hydrogens is 528 g/mol. The van der Waals surface area contributed by atoms with Crippen LogP contribution in [0.3, 0.4) is 0 Å². The first-order chi connectivity index (χ1) is 21.2. The Hall–Kier alpha value is -4.51. The summed E-state index contributed by atoms with van der Waals surface area (Å²) in [6.07, 6.45) is 3.91. The van der Waals surface area contributed by atoms with Crippen molar-refractivity contribution in [2.75, 3.05) is 0 Å². The maximum Gasteiger partial charge on any atom is 0.227 e. The van der Waals surface area contributed by atoms with Gasteiger partial charge in [-0.2, -0.15) is 0 Å². The summed E-state index contributed by atoms with van der Waals surface area (Å²) in [6.45, 7) is 0.426. The lowest BCUT2D eigenvalue weighted by Crippen LogP contribution is -2.59. The number of aromatic nitrogens is 1. The Balaban J connectivity index is 1.25. The Bertz CT molecular complexity index is 1650. The van der Waals surface area contributed by atoms with Crippen molar-refractivity contribution < 1.29 is 9.15 Å².